The summed E-state index contributed by atoms with van der Waals surface area (Å²) in [5, 5.41) is 9.43. The molecule has 3 rings (SSSR count). The molecule has 2 aliphatic heterocycles. The first-order chi connectivity index (χ1) is 11.0. The summed E-state index contributed by atoms with van der Waals surface area (Å²) >= 11 is 7.36. The predicted octanol–water partition coefficient (Wildman–Crippen LogP) is 2.40. The number of benzene rings is 1. The van der Waals surface area contributed by atoms with E-state index in [-0.39, 0.29) is 24.3 Å². The minimum atomic E-state index is -0.400. The molecule has 0 aromatic heterocycles. The second-order valence-electron chi connectivity index (χ2n) is 6.08. The van der Waals surface area contributed by atoms with Gasteiger partial charge in [-0.05, 0) is 44.5 Å². The Balaban J connectivity index is 1.58. The van der Waals surface area contributed by atoms with Gasteiger partial charge in [-0.25, -0.2) is 0 Å². The highest BCUT2D eigenvalue weighted by Crippen LogP contribution is 2.38. The summed E-state index contributed by atoms with van der Waals surface area (Å²) in [7, 11) is 0. The third-order valence-electron chi connectivity index (χ3n) is 4.12. The maximum Gasteiger partial charge on any atom is 0.238 e. The monoisotopic (exact) mass is 353 g/mol. The van der Waals surface area contributed by atoms with Crippen LogP contribution in [0, 0.1) is 0 Å². The molecule has 1 fully saturated rings. The van der Waals surface area contributed by atoms with Gasteiger partial charge >= 0.3 is 0 Å². The standard InChI is InChI=1S/C16H20ClN3O2S/c1-9-6-11(4-5-18-9)19-15(21)8-14-16(22)20-12-7-10(17)2-3-13(12)23-14/h2-3,7,9,11,14,18H,4-6,8H2,1H3,(H,19,21)(H,20,22). The molecular formula is C16H20ClN3O2S. The highest BCUT2D eigenvalue weighted by Gasteiger charge is 2.30. The van der Waals surface area contributed by atoms with Gasteiger partial charge in [-0.15, -0.1) is 11.8 Å². The zero-order chi connectivity index (χ0) is 16.4. The molecule has 124 valence electrons. The van der Waals surface area contributed by atoms with E-state index in [4.69, 9.17) is 11.6 Å². The fourth-order valence-corrected chi connectivity index (χ4v) is 4.24. The molecular weight excluding hydrogens is 334 g/mol. The number of carbonyl (C=O) groups excluding carboxylic acids is 2. The van der Waals surface area contributed by atoms with Crippen molar-refractivity contribution in [2.45, 2.75) is 48.4 Å². The van der Waals surface area contributed by atoms with Gasteiger partial charge in [0.1, 0.15) is 0 Å². The molecule has 2 amide bonds. The van der Waals surface area contributed by atoms with Crippen LogP contribution in [0.25, 0.3) is 0 Å². The summed E-state index contributed by atoms with van der Waals surface area (Å²) in [5.74, 6) is -0.201. The van der Waals surface area contributed by atoms with Crippen LogP contribution < -0.4 is 16.0 Å². The van der Waals surface area contributed by atoms with Crippen molar-refractivity contribution in [1.29, 1.82) is 0 Å². The zero-order valence-corrected chi connectivity index (χ0v) is 14.5. The van der Waals surface area contributed by atoms with Crippen molar-refractivity contribution in [1.82, 2.24) is 10.6 Å². The summed E-state index contributed by atoms with van der Waals surface area (Å²) in [4.78, 5) is 25.4. The fraction of sp³-hybridized carbons (Fsp3) is 0.500. The molecule has 3 N–H and O–H groups in total. The van der Waals surface area contributed by atoms with Crippen LogP contribution >= 0.6 is 23.4 Å². The van der Waals surface area contributed by atoms with Crippen molar-refractivity contribution in [3.8, 4) is 0 Å². The number of halogens is 1. The normalized spacial score (nSPS) is 27.0. The molecule has 7 heteroatoms. The Morgan fingerprint density at radius 1 is 1.48 bits per heavy atom. The fourth-order valence-electron chi connectivity index (χ4n) is 2.98. The van der Waals surface area contributed by atoms with E-state index < -0.39 is 5.25 Å². The van der Waals surface area contributed by atoms with Crippen molar-refractivity contribution in [2.75, 3.05) is 11.9 Å². The van der Waals surface area contributed by atoms with Gasteiger partial charge in [0, 0.05) is 28.4 Å². The van der Waals surface area contributed by atoms with E-state index >= 15 is 0 Å². The van der Waals surface area contributed by atoms with Gasteiger partial charge in [-0.3, -0.25) is 9.59 Å². The first kappa shape index (κ1) is 16.6. The molecule has 0 spiro atoms. The van der Waals surface area contributed by atoms with Gasteiger partial charge in [0.15, 0.2) is 0 Å². The molecule has 0 bridgehead atoms. The van der Waals surface area contributed by atoms with Gasteiger partial charge in [0.25, 0.3) is 0 Å². The Morgan fingerprint density at radius 3 is 3.09 bits per heavy atom. The Labute approximate surface area is 144 Å². The lowest BCUT2D eigenvalue weighted by molar-refractivity contribution is -0.124. The largest absolute Gasteiger partial charge is 0.353 e. The van der Waals surface area contributed by atoms with Crippen LogP contribution in [0.4, 0.5) is 5.69 Å². The summed E-state index contributed by atoms with van der Waals surface area (Å²) in [6.07, 6.45) is 2.05. The summed E-state index contributed by atoms with van der Waals surface area (Å²) < 4.78 is 0. The lowest BCUT2D eigenvalue weighted by atomic mass is 10.0. The van der Waals surface area contributed by atoms with Gasteiger partial charge in [-0.2, -0.15) is 0 Å². The SMILES string of the molecule is CC1CC(NC(=O)CC2Sc3ccc(Cl)cc3NC2=O)CCN1. The number of carbonyl (C=O) groups is 2. The van der Waals surface area contributed by atoms with Crippen LogP contribution in [0.15, 0.2) is 23.1 Å². The average molecular weight is 354 g/mol. The molecule has 0 radical (unpaired) electrons. The second kappa shape index (κ2) is 7.11. The molecule has 2 heterocycles. The first-order valence-electron chi connectivity index (χ1n) is 7.81. The van der Waals surface area contributed by atoms with Gasteiger partial charge in [0.05, 0.1) is 10.9 Å². The van der Waals surface area contributed by atoms with Crippen LogP contribution in [0.5, 0.6) is 0 Å². The number of thioether (sulfide) groups is 1. The van der Waals surface area contributed by atoms with E-state index in [1.54, 1.807) is 12.1 Å². The van der Waals surface area contributed by atoms with E-state index in [2.05, 4.69) is 22.9 Å². The maximum atomic E-state index is 12.3. The summed E-state index contributed by atoms with van der Waals surface area (Å²) in [6.45, 7) is 3.03. The number of hydrogen-bond donors (Lipinski definition) is 3. The number of fused-ring (bicyclic) bond motifs is 1. The van der Waals surface area contributed by atoms with E-state index in [9.17, 15) is 9.59 Å². The number of amides is 2. The lowest BCUT2D eigenvalue weighted by Gasteiger charge is -2.29. The number of hydrogen-bond acceptors (Lipinski definition) is 4. The Bertz CT molecular complexity index is 625. The topological polar surface area (TPSA) is 70.2 Å². The molecule has 1 aromatic carbocycles. The Morgan fingerprint density at radius 2 is 2.30 bits per heavy atom. The van der Waals surface area contributed by atoms with E-state index in [0.717, 1.165) is 30.0 Å². The van der Waals surface area contributed by atoms with E-state index in [0.29, 0.717) is 11.1 Å². The minimum absolute atomic E-state index is 0.0610. The first-order valence-corrected chi connectivity index (χ1v) is 9.07. The summed E-state index contributed by atoms with van der Waals surface area (Å²) in [5.41, 5.74) is 0.719. The quantitative estimate of drug-likeness (QED) is 0.780. The molecule has 1 saturated heterocycles. The molecule has 2 aliphatic rings. The molecule has 0 aliphatic carbocycles. The Kier molecular flexibility index (Phi) is 5.14. The third kappa shape index (κ3) is 4.19. The molecule has 23 heavy (non-hydrogen) atoms. The maximum absolute atomic E-state index is 12.3. The van der Waals surface area contributed by atoms with Crippen molar-refractivity contribution in [2.24, 2.45) is 0 Å². The smallest absolute Gasteiger partial charge is 0.238 e. The molecule has 3 atom stereocenters. The number of rotatable bonds is 3. The van der Waals surface area contributed by atoms with E-state index in [1.807, 2.05) is 6.07 Å². The second-order valence-corrected chi connectivity index (χ2v) is 7.77. The number of piperidine rings is 1. The predicted molar refractivity (Wildman–Crippen MR) is 93.0 cm³/mol. The van der Waals surface area contributed by atoms with Crippen molar-refractivity contribution in [3.63, 3.8) is 0 Å². The molecule has 0 saturated carbocycles. The van der Waals surface area contributed by atoms with Crippen LogP contribution in [0.3, 0.4) is 0 Å². The third-order valence-corrected chi connectivity index (χ3v) is 5.63. The van der Waals surface area contributed by atoms with Crippen LogP contribution in [-0.2, 0) is 9.59 Å². The minimum Gasteiger partial charge on any atom is -0.353 e. The average Bonchev–Trinajstić information content (AvgIpc) is 2.48. The van der Waals surface area contributed by atoms with Gasteiger partial charge in [0.2, 0.25) is 11.8 Å². The molecule has 3 unspecified atom stereocenters. The highest BCUT2D eigenvalue weighted by atomic mass is 35.5. The molecule has 1 aromatic rings. The molecule has 5 nitrogen and oxygen atoms in total. The Hall–Kier alpha value is -1.24. The van der Waals surface area contributed by atoms with Gasteiger partial charge in [-0.1, -0.05) is 11.6 Å². The van der Waals surface area contributed by atoms with Crippen molar-refractivity contribution in [3.05, 3.63) is 23.2 Å². The zero-order valence-electron chi connectivity index (χ0n) is 12.9. The highest BCUT2D eigenvalue weighted by molar-refractivity contribution is 8.01. The van der Waals surface area contributed by atoms with Gasteiger partial charge < -0.3 is 16.0 Å². The van der Waals surface area contributed by atoms with Crippen LogP contribution in [-0.4, -0.2) is 35.7 Å². The van der Waals surface area contributed by atoms with Crippen LogP contribution in [0.1, 0.15) is 26.2 Å². The van der Waals surface area contributed by atoms with E-state index in [1.165, 1.54) is 11.8 Å². The summed E-state index contributed by atoms with van der Waals surface area (Å²) in [6, 6.07) is 6.01. The van der Waals surface area contributed by atoms with Crippen LogP contribution in [0.2, 0.25) is 5.02 Å². The lowest BCUT2D eigenvalue weighted by Crippen LogP contribution is -2.47. The van der Waals surface area contributed by atoms with Crippen molar-refractivity contribution >= 4 is 40.9 Å². The van der Waals surface area contributed by atoms with Crippen molar-refractivity contribution < 1.29 is 9.59 Å². The number of anilines is 1. The number of nitrogens with one attached hydrogen (secondary N) is 3.